The fourth-order valence-corrected chi connectivity index (χ4v) is 3.17. The molecule has 1 fully saturated rings. The summed E-state index contributed by atoms with van der Waals surface area (Å²) < 4.78 is 5.22. The smallest absolute Gasteiger partial charge is 0.222 e. The molecule has 1 amide bonds. The predicted octanol–water partition coefficient (Wildman–Crippen LogP) is 4.17. The molecule has 1 aromatic heterocycles. The van der Waals surface area contributed by atoms with Crippen LogP contribution in [-0.2, 0) is 11.3 Å². The summed E-state index contributed by atoms with van der Waals surface area (Å²) in [6.07, 6.45) is 6.14. The lowest BCUT2D eigenvalue weighted by molar-refractivity contribution is -0.138. The Hall–Kier alpha value is -1.58. The number of hydrogen-bond acceptors (Lipinski definition) is 3. The van der Waals surface area contributed by atoms with Crippen LogP contribution in [0.2, 0.25) is 0 Å². The minimum Gasteiger partial charge on any atom is -0.361 e. The highest BCUT2D eigenvalue weighted by Crippen LogP contribution is 2.35. The van der Waals surface area contributed by atoms with E-state index in [-0.39, 0.29) is 11.3 Å². The number of carbonyl (C=O) groups is 1. The van der Waals surface area contributed by atoms with Crippen LogP contribution in [0.3, 0.4) is 0 Å². The molecule has 1 saturated heterocycles. The van der Waals surface area contributed by atoms with E-state index in [4.69, 9.17) is 4.52 Å². The van der Waals surface area contributed by atoms with E-state index in [1.54, 1.807) is 0 Å². The van der Waals surface area contributed by atoms with Crippen LogP contribution in [0.4, 0.5) is 0 Å². The third kappa shape index (κ3) is 3.99. The summed E-state index contributed by atoms with van der Waals surface area (Å²) in [6, 6.07) is 0. The van der Waals surface area contributed by atoms with Crippen LogP contribution in [0.15, 0.2) is 16.2 Å². The highest BCUT2D eigenvalue weighted by atomic mass is 16.5. The van der Waals surface area contributed by atoms with E-state index in [1.807, 2.05) is 18.7 Å². The first-order chi connectivity index (χ1) is 10.3. The van der Waals surface area contributed by atoms with E-state index in [0.29, 0.717) is 13.0 Å². The molecule has 0 saturated carbocycles. The van der Waals surface area contributed by atoms with E-state index in [0.717, 1.165) is 42.8 Å². The van der Waals surface area contributed by atoms with Crippen molar-refractivity contribution in [1.29, 1.82) is 0 Å². The second-order valence-electron chi connectivity index (χ2n) is 7.18. The van der Waals surface area contributed by atoms with E-state index < -0.39 is 0 Å². The third-order valence-electron chi connectivity index (χ3n) is 4.70. The highest BCUT2D eigenvalue weighted by Gasteiger charge is 2.34. The van der Waals surface area contributed by atoms with Gasteiger partial charge in [0.1, 0.15) is 5.76 Å². The van der Waals surface area contributed by atoms with Crippen molar-refractivity contribution in [2.24, 2.45) is 5.41 Å². The van der Waals surface area contributed by atoms with Gasteiger partial charge in [0.2, 0.25) is 5.91 Å². The lowest BCUT2D eigenvalue weighted by Gasteiger charge is -2.40. The average molecular weight is 304 g/mol. The maximum absolute atomic E-state index is 12.3. The van der Waals surface area contributed by atoms with E-state index >= 15 is 0 Å². The first kappa shape index (κ1) is 16.8. The van der Waals surface area contributed by atoms with Gasteiger partial charge in [-0.15, -0.1) is 0 Å². The minimum atomic E-state index is 0.207. The van der Waals surface area contributed by atoms with Crippen molar-refractivity contribution >= 4 is 5.91 Å². The predicted molar refractivity (Wildman–Crippen MR) is 87.4 cm³/mol. The van der Waals surface area contributed by atoms with Crippen LogP contribution in [0.5, 0.6) is 0 Å². The lowest BCUT2D eigenvalue weighted by Crippen LogP contribution is -2.44. The quantitative estimate of drug-likeness (QED) is 0.767. The normalized spacial score (nSPS) is 22.0. The molecule has 0 unspecified atom stereocenters. The van der Waals surface area contributed by atoms with Gasteiger partial charge in [-0.05, 0) is 52.4 Å². The van der Waals surface area contributed by atoms with E-state index in [9.17, 15) is 4.79 Å². The number of aromatic nitrogens is 1. The molecule has 1 aliphatic rings. The van der Waals surface area contributed by atoms with Crippen LogP contribution in [0.1, 0.15) is 63.5 Å². The van der Waals surface area contributed by atoms with Gasteiger partial charge in [0.05, 0.1) is 12.2 Å². The Bertz CT molecular complexity index is 550. The van der Waals surface area contributed by atoms with Gasteiger partial charge in [-0.25, -0.2) is 0 Å². The standard InChI is InChI=1S/C18H28N2O2/c1-13(2)7-6-9-18(5)10-8-17(21)20(12-18)11-16-14(3)19-22-15(16)4/h7H,6,8-12H2,1-5H3/t18-/m1/s1. The van der Waals surface area contributed by atoms with Crippen molar-refractivity contribution in [1.82, 2.24) is 10.1 Å². The number of aryl methyl sites for hydroxylation is 2. The SMILES string of the molecule is CC(C)=CCC[C@]1(C)CCC(=O)N(Cc2c(C)noc2C)C1. The summed E-state index contributed by atoms with van der Waals surface area (Å²) in [5, 5.41) is 3.99. The summed E-state index contributed by atoms with van der Waals surface area (Å²) in [5.41, 5.74) is 3.52. The minimum absolute atomic E-state index is 0.207. The van der Waals surface area contributed by atoms with Crippen molar-refractivity contribution < 1.29 is 9.32 Å². The Morgan fingerprint density at radius 1 is 1.41 bits per heavy atom. The molecule has 2 heterocycles. The molecule has 2 rings (SSSR count). The molecular weight excluding hydrogens is 276 g/mol. The van der Waals surface area contributed by atoms with Gasteiger partial charge in [0.25, 0.3) is 0 Å². The van der Waals surface area contributed by atoms with Gasteiger partial charge in [-0.1, -0.05) is 23.7 Å². The first-order valence-electron chi connectivity index (χ1n) is 8.14. The molecule has 0 bridgehead atoms. The molecule has 0 aliphatic carbocycles. The van der Waals surface area contributed by atoms with Crippen molar-refractivity contribution in [2.75, 3.05) is 6.54 Å². The molecule has 1 atom stereocenters. The molecule has 0 radical (unpaired) electrons. The van der Waals surface area contributed by atoms with Crippen LogP contribution >= 0.6 is 0 Å². The molecule has 0 aromatic carbocycles. The third-order valence-corrected chi connectivity index (χ3v) is 4.70. The van der Waals surface area contributed by atoms with Gasteiger partial charge in [0.15, 0.2) is 0 Å². The van der Waals surface area contributed by atoms with E-state index in [2.05, 4.69) is 32.0 Å². The number of carbonyl (C=O) groups excluding carboxylic acids is 1. The second-order valence-corrected chi connectivity index (χ2v) is 7.18. The number of amides is 1. The maximum Gasteiger partial charge on any atom is 0.222 e. The number of allylic oxidation sites excluding steroid dienone is 2. The second kappa shape index (κ2) is 6.67. The maximum atomic E-state index is 12.3. The summed E-state index contributed by atoms with van der Waals surface area (Å²) in [6.45, 7) is 11.9. The number of hydrogen-bond donors (Lipinski definition) is 0. The summed E-state index contributed by atoms with van der Waals surface area (Å²) >= 11 is 0. The lowest BCUT2D eigenvalue weighted by atomic mass is 9.77. The molecule has 122 valence electrons. The number of likely N-dealkylation sites (tertiary alicyclic amines) is 1. The summed E-state index contributed by atoms with van der Waals surface area (Å²) in [7, 11) is 0. The van der Waals surface area contributed by atoms with Crippen LogP contribution < -0.4 is 0 Å². The fourth-order valence-electron chi connectivity index (χ4n) is 3.17. The number of rotatable bonds is 5. The molecule has 0 spiro atoms. The Labute approximate surface area is 133 Å². The van der Waals surface area contributed by atoms with Crippen molar-refractivity contribution in [3.63, 3.8) is 0 Å². The van der Waals surface area contributed by atoms with Gasteiger partial charge in [-0.2, -0.15) is 0 Å². The Morgan fingerprint density at radius 3 is 2.73 bits per heavy atom. The zero-order valence-electron chi connectivity index (χ0n) is 14.5. The monoisotopic (exact) mass is 304 g/mol. The molecule has 1 aliphatic heterocycles. The Balaban J connectivity index is 2.04. The first-order valence-corrected chi connectivity index (χ1v) is 8.14. The molecule has 4 heteroatoms. The van der Waals surface area contributed by atoms with Crippen molar-refractivity contribution in [3.05, 3.63) is 28.7 Å². The van der Waals surface area contributed by atoms with Crippen LogP contribution in [0, 0.1) is 19.3 Å². The van der Waals surface area contributed by atoms with Gasteiger partial charge in [0, 0.05) is 18.5 Å². The average Bonchev–Trinajstić information content (AvgIpc) is 2.74. The fraction of sp³-hybridized carbons (Fsp3) is 0.667. The molecule has 0 N–H and O–H groups in total. The molecular formula is C18H28N2O2. The van der Waals surface area contributed by atoms with Gasteiger partial charge >= 0.3 is 0 Å². The molecule has 1 aromatic rings. The van der Waals surface area contributed by atoms with Gasteiger partial charge in [-0.3, -0.25) is 4.79 Å². The summed E-state index contributed by atoms with van der Waals surface area (Å²) in [5.74, 6) is 1.07. The topological polar surface area (TPSA) is 46.3 Å². The molecule has 4 nitrogen and oxygen atoms in total. The zero-order valence-corrected chi connectivity index (χ0v) is 14.5. The largest absolute Gasteiger partial charge is 0.361 e. The summed E-state index contributed by atoms with van der Waals surface area (Å²) in [4.78, 5) is 14.3. The highest BCUT2D eigenvalue weighted by molar-refractivity contribution is 5.77. The van der Waals surface area contributed by atoms with Crippen molar-refractivity contribution in [2.45, 2.75) is 66.8 Å². The Kier molecular flexibility index (Phi) is 5.09. The zero-order chi connectivity index (χ0) is 16.3. The van der Waals surface area contributed by atoms with Crippen LogP contribution in [-0.4, -0.2) is 22.5 Å². The number of piperidine rings is 1. The van der Waals surface area contributed by atoms with E-state index in [1.165, 1.54) is 5.57 Å². The molecule has 22 heavy (non-hydrogen) atoms. The number of nitrogens with zero attached hydrogens (tertiary/aromatic N) is 2. The van der Waals surface area contributed by atoms with Crippen molar-refractivity contribution in [3.8, 4) is 0 Å². The Morgan fingerprint density at radius 2 is 2.14 bits per heavy atom. The van der Waals surface area contributed by atoms with Crippen LogP contribution in [0.25, 0.3) is 0 Å². The van der Waals surface area contributed by atoms with Gasteiger partial charge < -0.3 is 9.42 Å².